The topological polar surface area (TPSA) is 21.8 Å². The summed E-state index contributed by atoms with van der Waals surface area (Å²) in [6, 6.07) is 8.51. The van der Waals surface area contributed by atoms with Crippen LogP contribution in [-0.4, -0.2) is 18.8 Å². The van der Waals surface area contributed by atoms with Crippen molar-refractivity contribution < 1.29 is 9.47 Å². The Morgan fingerprint density at radius 2 is 1.88 bits per heavy atom. The highest BCUT2D eigenvalue weighted by molar-refractivity contribution is 5.29. The van der Waals surface area contributed by atoms with Crippen molar-refractivity contribution in [1.82, 2.24) is 0 Å². The third-order valence-electron chi connectivity index (χ3n) is 3.51. The monoisotopic (exact) mass is 234 g/mol. The van der Waals surface area contributed by atoms with Crippen LogP contribution >= 0.6 is 0 Å². The highest BCUT2D eigenvalue weighted by atomic mass is 16.6. The van der Waals surface area contributed by atoms with Crippen LogP contribution in [0.15, 0.2) is 24.3 Å². The van der Waals surface area contributed by atoms with Crippen molar-refractivity contribution in [1.29, 1.82) is 0 Å². The van der Waals surface area contributed by atoms with Crippen molar-refractivity contribution in [3.63, 3.8) is 0 Å². The minimum absolute atomic E-state index is 0.465. The van der Waals surface area contributed by atoms with Gasteiger partial charge in [0, 0.05) is 0 Å². The summed E-state index contributed by atoms with van der Waals surface area (Å²) >= 11 is 0. The lowest BCUT2D eigenvalue weighted by atomic mass is 9.91. The molecule has 1 heterocycles. The van der Waals surface area contributed by atoms with Crippen LogP contribution in [0.1, 0.15) is 45.1 Å². The van der Waals surface area contributed by atoms with Crippen LogP contribution in [0, 0.1) is 0 Å². The van der Waals surface area contributed by atoms with Gasteiger partial charge < -0.3 is 9.47 Å². The van der Waals surface area contributed by atoms with E-state index in [1.807, 2.05) is 6.92 Å². The first-order chi connectivity index (χ1) is 8.24. The molecule has 0 spiro atoms. The van der Waals surface area contributed by atoms with E-state index in [1.165, 1.54) is 12.0 Å². The second-order valence-electron chi connectivity index (χ2n) is 4.72. The van der Waals surface area contributed by atoms with Gasteiger partial charge in [0.15, 0.2) is 0 Å². The zero-order valence-corrected chi connectivity index (χ0v) is 11.0. The molecule has 0 N–H and O–H groups in total. The van der Waals surface area contributed by atoms with E-state index in [-0.39, 0.29) is 0 Å². The van der Waals surface area contributed by atoms with Crippen LogP contribution in [0.2, 0.25) is 0 Å². The first-order valence-corrected chi connectivity index (χ1v) is 6.62. The van der Waals surface area contributed by atoms with Gasteiger partial charge in [-0.1, -0.05) is 19.1 Å². The maximum absolute atomic E-state index is 5.51. The molecule has 0 radical (unpaired) electrons. The van der Waals surface area contributed by atoms with E-state index in [9.17, 15) is 0 Å². The molecule has 1 fully saturated rings. The second kappa shape index (κ2) is 5.54. The number of ether oxygens (including phenoxy) is 2. The van der Waals surface area contributed by atoms with Gasteiger partial charge in [-0.3, -0.25) is 0 Å². The van der Waals surface area contributed by atoms with E-state index >= 15 is 0 Å². The first kappa shape index (κ1) is 12.4. The quantitative estimate of drug-likeness (QED) is 0.699. The maximum Gasteiger partial charge on any atom is 0.119 e. The Hall–Kier alpha value is -1.02. The van der Waals surface area contributed by atoms with Crippen molar-refractivity contribution in [2.24, 2.45) is 0 Å². The number of epoxide rings is 1. The molecular formula is C15H22O2. The maximum atomic E-state index is 5.51. The van der Waals surface area contributed by atoms with Gasteiger partial charge in [-0.05, 0) is 50.3 Å². The number of benzene rings is 1. The summed E-state index contributed by atoms with van der Waals surface area (Å²) in [6.07, 6.45) is 3.25. The number of rotatable bonds is 6. The van der Waals surface area contributed by atoms with Gasteiger partial charge in [-0.25, -0.2) is 0 Å². The van der Waals surface area contributed by atoms with Crippen LogP contribution in [0.4, 0.5) is 0 Å². The Morgan fingerprint density at radius 3 is 2.35 bits per heavy atom. The molecule has 3 unspecified atom stereocenters. The fourth-order valence-electron chi connectivity index (χ4n) is 2.30. The fraction of sp³-hybridized carbons (Fsp3) is 0.600. The average molecular weight is 234 g/mol. The van der Waals surface area contributed by atoms with Gasteiger partial charge in [0.2, 0.25) is 0 Å². The molecule has 1 aliphatic rings. The van der Waals surface area contributed by atoms with E-state index in [0.717, 1.165) is 18.8 Å². The Kier molecular flexibility index (Phi) is 4.06. The molecule has 2 heteroatoms. The SMILES string of the molecule is CCOc1ccc(C(CC)CC2OC2C)cc1. The number of hydrogen-bond acceptors (Lipinski definition) is 2. The molecule has 0 aromatic heterocycles. The van der Waals surface area contributed by atoms with E-state index in [4.69, 9.17) is 9.47 Å². The van der Waals surface area contributed by atoms with Gasteiger partial charge in [0.05, 0.1) is 18.8 Å². The minimum Gasteiger partial charge on any atom is -0.494 e. The van der Waals surface area contributed by atoms with Crippen LogP contribution in [0.3, 0.4) is 0 Å². The highest BCUT2D eigenvalue weighted by Crippen LogP contribution is 2.34. The van der Waals surface area contributed by atoms with E-state index in [0.29, 0.717) is 18.1 Å². The molecule has 0 saturated carbocycles. The molecule has 1 aromatic carbocycles. The normalized spacial score (nSPS) is 24.4. The van der Waals surface area contributed by atoms with Crippen molar-refractivity contribution in [3.05, 3.63) is 29.8 Å². The largest absolute Gasteiger partial charge is 0.494 e. The fourth-order valence-corrected chi connectivity index (χ4v) is 2.30. The van der Waals surface area contributed by atoms with Crippen molar-refractivity contribution in [2.45, 2.75) is 51.7 Å². The average Bonchev–Trinajstić information content (AvgIpc) is 3.04. The smallest absolute Gasteiger partial charge is 0.119 e. The summed E-state index contributed by atoms with van der Waals surface area (Å²) in [5, 5.41) is 0. The third-order valence-corrected chi connectivity index (χ3v) is 3.51. The van der Waals surface area contributed by atoms with Crippen LogP contribution in [-0.2, 0) is 4.74 Å². The lowest BCUT2D eigenvalue weighted by Gasteiger charge is -2.14. The number of hydrogen-bond donors (Lipinski definition) is 0. The Morgan fingerprint density at radius 1 is 1.24 bits per heavy atom. The summed E-state index contributed by atoms with van der Waals surface area (Å²) in [5.74, 6) is 1.57. The molecule has 1 aliphatic heterocycles. The summed E-state index contributed by atoms with van der Waals surface area (Å²) in [7, 11) is 0. The minimum atomic E-state index is 0.465. The molecule has 2 nitrogen and oxygen atoms in total. The van der Waals surface area contributed by atoms with Gasteiger partial charge in [-0.15, -0.1) is 0 Å². The summed E-state index contributed by atoms with van der Waals surface area (Å²) in [6.45, 7) is 7.13. The summed E-state index contributed by atoms with van der Waals surface area (Å²) in [5.41, 5.74) is 1.40. The predicted octanol–water partition coefficient (Wildman–Crippen LogP) is 3.76. The van der Waals surface area contributed by atoms with Crippen LogP contribution in [0.25, 0.3) is 0 Å². The lowest BCUT2D eigenvalue weighted by Crippen LogP contribution is -2.03. The molecule has 17 heavy (non-hydrogen) atoms. The van der Waals surface area contributed by atoms with Crippen molar-refractivity contribution >= 4 is 0 Å². The molecule has 0 amide bonds. The molecule has 0 bridgehead atoms. The molecule has 0 aliphatic carbocycles. The highest BCUT2D eigenvalue weighted by Gasteiger charge is 2.35. The van der Waals surface area contributed by atoms with Crippen LogP contribution < -0.4 is 4.74 Å². The third kappa shape index (κ3) is 3.22. The van der Waals surface area contributed by atoms with E-state index in [2.05, 4.69) is 38.1 Å². The van der Waals surface area contributed by atoms with Crippen LogP contribution in [0.5, 0.6) is 5.75 Å². The Bertz CT molecular complexity index is 344. The predicted molar refractivity (Wildman–Crippen MR) is 69.6 cm³/mol. The first-order valence-electron chi connectivity index (χ1n) is 6.62. The van der Waals surface area contributed by atoms with Crippen molar-refractivity contribution in [2.75, 3.05) is 6.61 Å². The Balaban J connectivity index is 1.98. The van der Waals surface area contributed by atoms with Gasteiger partial charge >= 0.3 is 0 Å². The zero-order chi connectivity index (χ0) is 12.3. The molecule has 3 atom stereocenters. The van der Waals surface area contributed by atoms with Gasteiger partial charge in [0.1, 0.15) is 5.75 Å². The molecular weight excluding hydrogens is 212 g/mol. The second-order valence-corrected chi connectivity index (χ2v) is 4.72. The van der Waals surface area contributed by atoms with E-state index < -0.39 is 0 Å². The molecule has 2 rings (SSSR count). The van der Waals surface area contributed by atoms with Gasteiger partial charge in [0.25, 0.3) is 0 Å². The summed E-state index contributed by atoms with van der Waals surface area (Å²) < 4.78 is 11.0. The lowest BCUT2D eigenvalue weighted by molar-refractivity contribution is 0.340. The summed E-state index contributed by atoms with van der Waals surface area (Å²) in [4.78, 5) is 0. The van der Waals surface area contributed by atoms with Gasteiger partial charge in [-0.2, -0.15) is 0 Å². The Labute approximate surface area is 104 Å². The molecule has 1 aromatic rings. The standard InChI is InChI=1S/C15H22O2/c1-4-12(10-15-11(3)17-15)13-6-8-14(9-7-13)16-5-2/h6-9,11-12,15H,4-5,10H2,1-3H3. The molecule has 1 saturated heterocycles. The van der Waals surface area contributed by atoms with Crippen molar-refractivity contribution in [3.8, 4) is 5.75 Å². The molecule has 94 valence electrons. The zero-order valence-electron chi connectivity index (χ0n) is 11.0. The van der Waals surface area contributed by atoms with E-state index in [1.54, 1.807) is 0 Å².